The smallest absolute Gasteiger partial charge is 0.319 e. The van der Waals surface area contributed by atoms with Crippen LogP contribution in [0.2, 0.25) is 0 Å². The lowest BCUT2D eigenvalue weighted by Crippen LogP contribution is -2.30. The van der Waals surface area contributed by atoms with Gasteiger partial charge in [0.1, 0.15) is 5.75 Å². The fraction of sp³-hybridized carbons (Fsp3) is 0.188. The molecule has 0 spiro atoms. The molecule has 24 heavy (non-hydrogen) atoms. The molecule has 0 bridgehead atoms. The summed E-state index contributed by atoms with van der Waals surface area (Å²) in [5.41, 5.74) is 1.35. The summed E-state index contributed by atoms with van der Waals surface area (Å²) in [6.07, 6.45) is 0.673. The Morgan fingerprint density at radius 1 is 1.29 bits per heavy atom. The Balaban J connectivity index is 1.92. The van der Waals surface area contributed by atoms with Gasteiger partial charge in [0.2, 0.25) is 0 Å². The molecule has 2 aromatic rings. The van der Waals surface area contributed by atoms with Crippen molar-refractivity contribution in [2.45, 2.75) is 6.42 Å². The van der Waals surface area contributed by atoms with E-state index in [0.29, 0.717) is 18.7 Å². The molecule has 2 aromatic carbocycles. The van der Waals surface area contributed by atoms with Crippen molar-refractivity contribution in [3.8, 4) is 5.75 Å². The number of rotatable bonds is 6. The van der Waals surface area contributed by atoms with Crippen LogP contribution >= 0.6 is 15.9 Å². The molecule has 2 N–H and O–H groups in total. The number of nitrogens with zero attached hydrogens (tertiary/aromatic N) is 1. The highest BCUT2D eigenvalue weighted by atomic mass is 79.9. The van der Waals surface area contributed by atoms with E-state index in [1.165, 1.54) is 25.3 Å². The van der Waals surface area contributed by atoms with Crippen LogP contribution in [0.5, 0.6) is 5.75 Å². The molecule has 2 rings (SSSR count). The van der Waals surface area contributed by atoms with Crippen molar-refractivity contribution in [1.29, 1.82) is 0 Å². The molecule has 0 fully saturated rings. The lowest BCUT2D eigenvalue weighted by Gasteiger charge is -2.11. The summed E-state index contributed by atoms with van der Waals surface area (Å²) in [5.74, 6) is 0.227. The quantitative estimate of drug-likeness (QED) is 0.577. The van der Waals surface area contributed by atoms with Gasteiger partial charge in [-0.1, -0.05) is 34.1 Å². The summed E-state index contributed by atoms with van der Waals surface area (Å²) in [5, 5.41) is 16.1. The number of nitro benzene ring substituents is 1. The number of non-ortho nitro benzene ring substituents is 1. The van der Waals surface area contributed by atoms with Gasteiger partial charge in [0.25, 0.3) is 5.69 Å². The van der Waals surface area contributed by atoms with E-state index < -0.39 is 11.0 Å². The molecule has 2 amide bonds. The van der Waals surface area contributed by atoms with E-state index in [0.717, 1.165) is 10.0 Å². The molecule has 0 unspecified atom stereocenters. The summed E-state index contributed by atoms with van der Waals surface area (Å²) < 4.78 is 6.06. The van der Waals surface area contributed by atoms with E-state index in [2.05, 4.69) is 26.6 Å². The monoisotopic (exact) mass is 393 g/mol. The van der Waals surface area contributed by atoms with Crippen LogP contribution in [0.1, 0.15) is 5.56 Å². The molecule has 126 valence electrons. The summed E-state index contributed by atoms with van der Waals surface area (Å²) in [6.45, 7) is 0.448. The number of urea groups is 1. The Labute approximate surface area is 147 Å². The molecule has 0 heterocycles. The number of halogens is 1. The van der Waals surface area contributed by atoms with Crippen molar-refractivity contribution in [3.63, 3.8) is 0 Å². The zero-order valence-electron chi connectivity index (χ0n) is 12.9. The van der Waals surface area contributed by atoms with E-state index in [9.17, 15) is 14.9 Å². The van der Waals surface area contributed by atoms with Crippen molar-refractivity contribution < 1.29 is 14.5 Å². The minimum absolute atomic E-state index is 0.105. The summed E-state index contributed by atoms with van der Waals surface area (Å²) in [7, 11) is 1.38. The number of nitro groups is 1. The first kappa shape index (κ1) is 17.7. The largest absolute Gasteiger partial charge is 0.494 e. The van der Waals surface area contributed by atoms with Crippen LogP contribution in [0.3, 0.4) is 0 Å². The summed E-state index contributed by atoms with van der Waals surface area (Å²) in [4.78, 5) is 22.2. The maximum atomic E-state index is 12.0. The number of hydrogen-bond donors (Lipinski definition) is 2. The Bertz CT molecular complexity index is 752. The van der Waals surface area contributed by atoms with Gasteiger partial charge in [-0.25, -0.2) is 4.79 Å². The normalized spacial score (nSPS) is 10.1. The molecule has 0 aromatic heterocycles. The van der Waals surface area contributed by atoms with E-state index in [-0.39, 0.29) is 11.4 Å². The molecular formula is C16H16BrN3O4. The highest BCUT2D eigenvalue weighted by Gasteiger charge is 2.13. The molecule has 0 radical (unpaired) electrons. The van der Waals surface area contributed by atoms with Gasteiger partial charge >= 0.3 is 6.03 Å². The number of benzene rings is 2. The first-order chi connectivity index (χ1) is 11.5. The average molecular weight is 394 g/mol. The minimum atomic E-state index is -0.524. The van der Waals surface area contributed by atoms with Crippen molar-refractivity contribution in [3.05, 3.63) is 62.6 Å². The second-order valence-electron chi connectivity index (χ2n) is 4.86. The lowest BCUT2D eigenvalue weighted by atomic mass is 10.1. The predicted molar refractivity (Wildman–Crippen MR) is 94.5 cm³/mol. The lowest BCUT2D eigenvalue weighted by molar-refractivity contribution is -0.384. The number of ether oxygens (including phenoxy) is 1. The Kier molecular flexibility index (Phi) is 6.14. The molecule has 0 aliphatic heterocycles. The van der Waals surface area contributed by atoms with Gasteiger partial charge in [-0.2, -0.15) is 0 Å². The first-order valence-electron chi connectivity index (χ1n) is 7.12. The highest BCUT2D eigenvalue weighted by Crippen LogP contribution is 2.28. The van der Waals surface area contributed by atoms with Crippen LogP contribution in [0.15, 0.2) is 46.9 Å². The molecule has 0 aliphatic rings. The Morgan fingerprint density at radius 3 is 2.71 bits per heavy atom. The Hall–Kier alpha value is -2.61. The van der Waals surface area contributed by atoms with E-state index in [1.807, 2.05) is 24.3 Å². The first-order valence-corrected chi connectivity index (χ1v) is 7.91. The SMILES string of the molecule is COc1cc([N+](=O)[O-])ccc1NC(=O)NCCc1ccccc1Br. The van der Waals surface area contributed by atoms with Crippen molar-refractivity contribution in [2.24, 2.45) is 0 Å². The third-order valence-corrected chi connectivity index (χ3v) is 4.06. The van der Waals surface area contributed by atoms with E-state index >= 15 is 0 Å². The van der Waals surface area contributed by atoms with Crippen LogP contribution in [-0.2, 0) is 6.42 Å². The zero-order valence-corrected chi connectivity index (χ0v) is 14.5. The standard InChI is InChI=1S/C16H16BrN3O4/c1-24-15-10-12(20(22)23)6-7-14(15)19-16(21)18-9-8-11-4-2-3-5-13(11)17/h2-7,10H,8-9H2,1H3,(H2,18,19,21). The number of carbonyl (C=O) groups is 1. The van der Waals surface area contributed by atoms with Crippen LogP contribution < -0.4 is 15.4 Å². The third-order valence-electron chi connectivity index (χ3n) is 3.28. The molecular weight excluding hydrogens is 378 g/mol. The maximum Gasteiger partial charge on any atom is 0.319 e. The maximum absolute atomic E-state index is 12.0. The van der Waals surface area contributed by atoms with Gasteiger partial charge in [-0.3, -0.25) is 10.1 Å². The fourth-order valence-corrected chi connectivity index (χ4v) is 2.56. The van der Waals surface area contributed by atoms with Crippen LogP contribution in [0, 0.1) is 10.1 Å². The number of amides is 2. The fourth-order valence-electron chi connectivity index (χ4n) is 2.08. The minimum Gasteiger partial charge on any atom is -0.494 e. The number of carbonyl (C=O) groups excluding carboxylic acids is 1. The van der Waals surface area contributed by atoms with Gasteiger partial charge < -0.3 is 15.4 Å². The average Bonchev–Trinajstić information content (AvgIpc) is 2.56. The van der Waals surface area contributed by atoms with Crippen LogP contribution in [0.25, 0.3) is 0 Å². The molecule has 0 saturated heterocycles. The number of anilines is 1. The summed E-state index contributed by atoms with van der Waals surface area (Å²) in [6, 6.07) is 11.4. The second kappa shape index (κ2) is 8.30. The van der Waals surface area contributed by atoms with Gasteiger partial charge in [0.05, 0.1) is 23.8 Å². The van der Waals surface area contributed by atoms with Crippen molar-refractivity contribution in [2.75, 3.05) is 19.0 Å². The molecule has 8 heteroatoms. The summed E-state index contributed by atoms with van der Waals surface area (Å²) >= 11 is 3.45. The molecule has 0 aliphatic carbocycles. The van der Waals surface area contributed by atoms with E-state index in [1.54, 1.807) is 0 Å². The topological polar surface area (TPSA) is 93.5 Å². The third kappa shape index (κ3) is 4.69. The predicted octanol–water partition coefficient (Wildman–Crippen LogP) is 3.73. The van der Waals surface area contributed by atoms with Crippen molar-refractivity contribution in [1.82, 2.24) is 5.32 Å². The van der Waals surface area contributed by atoms with E-state index in [4.69, 9.17) is 4.74 Å². The Morgan fingerprint density at radius 2 is 2.04 bits per heavy atom. The number of nitrogens with one attached hydrogen (secondary N) is 2. The highest BCUT2D eigenvalue weighted by molar-refractivity contribution is 9.10. The molecule has 7 nitrogen and oxygen atoms in total. The van der Waals surface area contributed by atoms with Gasteiger partial charge in [-0.05, 0) is 24.1 Å². The number of hydrogen-bond acceptors (Lipinski definition) is 4. The molecule has 0 atom stereocenters. The van der Waals surface area contributed by atoms with Crippen LogP contribution in [-0.4, -0.2) is 24.6 Å². The number of methoxy groups -OCH3 is 1. The van der Waals surface area contributed by atoms with Gasteiger partial charge in [0.15, 0.2) is 0 Å². The second-order valence-corrected chi connectivity index (χ2v) is 5.72. The van der Waals surface area contributed by atoms with Crippen LogP contribution in [0.4, 0.5) is 16.2 Å². The van der Waals surface area contributed by atoms with Crippen molar-refractivity contribution >= 4 is 33.3 Å². The van der Waals surface area contributed by atoms with Gasteiger partial charge in [0, 0.05) is 17.1 Å². The zero-order chi connectivity index (χ0) is 17.5. The molecule has 0 saturated carbocycles. The van der Waals surface area contributed by atoms with Gasteiger partial charge in [-0.15, -0.1) is 0 Å².